The van der Waals surface area contributed by atoms with Gasteiger partial charge in [0, 0.05) is 23.2 Å². The Balaban J connectivity index is 0.00000101. The first-order valence-corrected chi connectivity index (χ1v) is 12.9. The van der Waals surface area contributed by atoms with Crippen LogP contribution in [0.3, 0.4) is 0 Å². The van der Waals surface area contributed by atoms with Crippen LogP contribution in [0.15, 0.2) is 75.5 Å². The molecular weight excluding hydrogens is 448 g/mol. The molecule has 0 unspecified atom stereocenters. The van der Waals surface area contributed by atoms with Gasteiger partial charge < -0.3 is 14.8 Å². The lowest BCUT2D eigenvalue weighted by Crippen LogP contribution is -2.28. The molecule has 0 saturated heterocycles. The summed E-state index contributed by atoms with van der Waals surface area (Å²) in [7, 11) is 0. The normalized spacial score (nSPS) is 15.6. The number of aromatic nitrogens is 1. The van der Waals surface area contributed by atoms with E-state index in [-0.39, 0.29) is 11.2 Å². The molecule has 2 heterocycles. The highest BCUT2D eigenvalue weighted by atomic mass is 16.3. The molecule has 0 saturated carbocycles. The second-order valence-electron chi connectivity index (χ2n) is 7.80. The van der Waals surface area contributed by atoms with Crippen LogP contribution < -0.4 is 16.1 Å². The zero-order valence-electron chi connectivity index (χ0n) is 23.1. The van der Waals surface area contributed by atoms with Crippen LogP contribution in [0.5, 0.6) is 5.75 Å². The van der Waals surface area contributed by atoms with Crippen molar-refractivity contribution in [2.45, 2.75) is 61.8 Å². The Kier molecular flexibility index (Phi) is 12.9. The van der Waals surface area contributed by atoms with E-state index in [4.69, 9.17) is 9.40 Å². The molecule has 6 heteroatoms. The first-order chi connectivity index (χ1) is 17.4. The van der Waals surface area contributed by atoms with E-state index in [0.717, 1.165) is 40.7 Å². The second kappa shape index (κ2) is 15.4. The summed E-state index contributed by atoms with van der Waals surface area (Å²) in [5.74, 6) is 0.775. The number of fused-ring (bicyclic) bond motifs is 1. The van der Waals surface area contributed by atoms with Gasteiger partial charge in [0.15, 0.2) is 5.42 Å². The maximum atomic E-state index is 9.33. The quantitative estimate of drug-likeness (QED) is 0.370. The van der Waals surface area contributed by atoms with Crippen molar-refractivity contribution in [3.05, 3.63) is 71.6 Å². The molecule has 6 nitrogen and oxygen atoms in total. The third kappa shape index (κ3) is 8.52. The van der Waals surface area contributed by atoms with Gasteiger partial charge in [-0.25, -0.2) is 4.98 Å². The van der Waals surface area contributed by atoms with Crippen molar-refractivity contribution in [2.24, 2.45) is 15.6 Å². The summed E-state index contributed by atoms with van der Waals surface area (Å²) >= 11 is 0. The molecule has 0 amide bonds. The summed E-state index contributed by atoms with van der Waals surface area (Å²) in [6.07, 6.45) is 5.00. The van der Waals surface area contributed by atoms with E-state index >= 15 is 0 Å². The molecule has 0 bridgehead atoms. The third-order valence-electron chi connectivity index (χ3n) is 5.02. The molecule has 36 heavy (non-hydrogen) atoms. The van der Waals surface area contributed by atoms with E-state index in [1.54, 1.807) is 24.3 Å². The summed E-state index contributed by atoms with van der Waals surface area (Å²) in [6, 6.07) is 14.1. The zero-order valence-corrected chi connectivity index (χ0v) is 23.1. The van der Waals surface area contributed by atoms with Crippen LogP contribution in [0.1, 0.15) is 61.8 Å². The van der Waals surface area contributed by atoms with E-state index in [1.165, 1.54) is 0 Å². The van der Waals surface area contributed by atoms with Gasteiger partial charge >= 0.3 is 0 Å². The first-order valence-electron chi connectivity index (χ1n) is 12.9. The number of nitrogens with one attached hydrogen (secondary N) is 1. The van der Waals surface area contributed by atoms with Gasteiger partial charge in [-0.2, -0.15) is 10.2 Å². The minimum Gasteiger partial charge on any atom is -0.508 e. The molecule has 1 aliphatic heterocycles. The van der Waals surface area contributed by atoms with Gasteiger partial charge in [-0.1, -0.05) is 68.0 Å². The van der Waals surface area contributed by atoms with E-state index in [2.05, 4.69) is 48.1 Å². The van der Waals surface area contributed by atoms with Crippen molar-refractivity contribution in [1.82, 2.24) is 10.3 Å². The number of azo groups is 1. The Morgan fingerprint density at radius 2 is 1.42 bits per heavy atom. The number of allylic oxidation sites excluding steroid dienone is 1. The number of oxazole rings is 1. The molecular formula is C30H42N4O2. The van der Waals surface area contributed by atoms with Crippen LogP contribution in [0.2, 0.25) is 0 Å². The fraction of sp³-hybridized carbons (Fsp3) is 0.367. The summed E-state index contributed by atoms with van der Waals surface area (Å²) in [5, 5.41) is 22.0. The number of benzene rings is 2. The summed E-state index contributed by atoms with van der Waals surface area (Å²) < 4.78 is 6.10. The molecule has 0 fully saturated rings. The van der Waals surface area contributed by atoms with E-state index in [1.807, 2.05) is 65.8 Å². The van der Waals surface area contributed by atoms with Gasteiger partial charge in [-0.15, -0.1) is 0 Å². The molecule has 1 aromatic heterocycles. The standard InChI is InChI=1S/C24H24N4O2.3C2H6/c1-16-24(2,3)15-22-21(5-4-14-25-16)26-23(30-22)17-6-8-18(9-7-17)27-28-19-10-12-20(29)13-11-19;3*1-2/h5-13,15,25,29H,1,4,14H2,2-3H3;3*1-2H3/b21-5+,22-15+,28-27?;;;. The highest BCUT2D eigenvalue weighted by Crippen LogP contribution is 2.26. The molecule has 0 radical (unpaired) electrons. The first kappa shape index (κ1) is 30.4. The highest BCUT2D eigenvalue weighted by molar-refractivity contribution is 5.57. The number of hydrogen-bond acceptors (Lipinski definition) is 6. The molecule has 0 aliphatic carbocycles. The number of rotatable bonds is 3. The van der Waals surface area contributed by atoms with Crippen molar-refractivity contribution in [3.8, 4) is 17.2 Å². The van der Waals surface area contributed by atoms with E-state index < -0.39 is 0 Å². The Morgan fingerprint density at radius 1 is 0.889 bits per heavy atom. The van der Waals surface area contributed by atoms with Crippen LogP contribution in [-0.4, -0.2) is 16.6 Å². The average Bonchev–Trinajstić information content (AvgIpc) is 3.32. The lowest BCUT2D eigenvalue weighted by atomic mass is 9.89. The minimum atomic E-state index is -0.248. The third-order valence-corrected chi connectivity index (χ3v) is 5.02. The predicted molar refractivity (Wildman–Crippen MR) is 152 cm³/mol. The number of phenolic OH excluding ortho intramolecular Hbond substituents is 1. The predicted octanol–water partition coefficient (Wildman–Crippen LogP) is 7.64. The van der Waals surface area contributed by atoms with E-state index in [9.17, 15) is 5.11 Å². The van der Waals surface area contributed by atoms with Crippen molar-refractivity contribution >= 4 is 23.5 Å². The fourth-order valence-electron chi connectivity index (χ4n) is 3.10. The Bertz CT molecular complexity index is 1210. The SMILES string of the molecule is C=C1NCC/C=c2/nc(-c3ccc(N=Nc4ccc(O)cc4)cc3)o/c2=C/C1(C)C.CC.CC.CC. The smallest absolute Gasteiger partial charge is 0.227 e. The second-order valence-corrected chi connectivity index (χ2v) is 7.80. The van der Waals surface area contributed by atoms with Crippen LogP contribution >= 0.6 is 0 Å². The maximum Gasteiger partial charge on any atom is 0.227 e. The Hall–Kier alpha value is -3.67. The summed E-state index contributed by atoms with van der Waals surface area (Å²) in [4.78, 5) is 4.70. The van der Waals surface area contributed by atoms with Gasteiger partial charge in [-0.3, -0.25) is 0 Å². The van der Waals surface area contributed by atoms with Gasteiger partial charge in [0.2, 0.25) is 5.89 Å². The largest absolute Gasteiger partial charge is 0.508 e. The zero-order chi connectivity index (χ0) is 27.1. The summed E-state index contributed by atoms with van der Waals surface area (Å²) in [5.41, 5.74) is 3.74. The van der Waals surface area contributed by atoms with Crippen molar-refractivity contribution in [2.75, 3.05) is 6.54 Å². The Labute approximate surface area is 216 Å². The molecule has 3 aromatic rings. The van der Waals surface area contributed by atoms with Crippen molar-refractivity contribution in [3.63, 3.8) is 0 Å². The number of nitrogens with zero attached hydrogens (tertiary/aromatic N) is 3. The topological polar surface area (TPSA) is 83.0 Å². The van der Waals surface area contributed by atoms with Crippen molar-refractivity contribution < 1.29 is 9.52 Å². The minimum absolute atomic E-state index is 0.201. The van der Waals surface area contributed by atoms with Crippen LogP contribution in [0.4, 0.5) is 11.4 Å². The van der Waals surface area contributed by atoms with Crippen LogP contribution in [0, 0.1) is 5.41 Å². The van der Waals surface area contributed by atoms with Gasteiger partial charge in [-0.05, 0) is 61.0 Å². The molecule has 194 valence electrons. The lowest BCUT2D eigenvalue weighted by Gasteiger charge is -2.23. The fourth-order valence-corrected chi connectivity index (χ4v) is 3.10. The average molecular weight is 491 g/mol. The van der Waals surface area contributed by atoms with Gasteiger partial charge in [0.1, 0.15) is 11.1 Å². The molecule has 0 spiro atoms. The van der Waals surface area contributed by atoms with Crippen molar-refractivity contribution in [1.29, 1.82) is 0 Å². The maximum absolute atomic E-state index is 9.33. The molecule has 2 aromatic carbocycles. The molecule has 0 atom stereocenters. The van der Waals surface area contributed by atoms with E-state index in [0.29, 0.717) is 11.6 Å². The number of aromatic hydroxyl groups is 1. The molecule has 1 aliphatic rings. The lowest BCUT2D eigenvalue weighted by molar-refractivity contribution is 0.475. The molecule has 4 rings (SSSR count). The van der Waals surface area contributed by atoms with Gasteiger partial charge in [0.05, 0.1) is 11.4 Å². The van der Waals surface area contributed by atoms with Gasteiger partial charge in [0.25, 0.3) is 0 Å². The number of phenols is 1. The summed E-state index contributed by atoms with van der Waals surface area (Å²) in [6.45, 7) is 21.2. The Morgan fingerprint density at radius 3 is 1.97 bits per heavy atom. The monoisotopic (exact) mass is 490 g/mol. The number of hydrogen-bond donors (Lipinski definition) is 2. The highest BCUT2D eigenvalue weighted by Gasteiger charge is 2.20. The van der Waals surface area contributed by atoms with Crippen LogP contribution in [-0.2, 0) is 0 Å². The molecule has 2 N–H and O–H groups in total. The van der Waals surface area contributed by atoms with Crippen LogP contribution in [0.25, 0.3) is 23.6 Å².